The van der Waals surface area contributed by atoms with Crippen LogP contribution in [0, 0.1) is 0 Å². The minimum Gasteiger partial charge on any atom is -0.266 e. The van der Waals surface area contributed by atoms with Crippen molar-refractivity contribution < 1.29 is 0 Å². The zero-order valence-corrected chi connectivity index (χ0v) is 14.4. The Kier molecular flexibility index (Phi) is 3.22. The Morgan fingerprint density at radius 2 is 1.77 bits per heavy atom. The topological polar surface area (TPSA) is 90.9 Å². The molecule has 26 heavy (non-hydrogen) atoms. The van der Waals surface area contributed by atoms with Crippen LogP contribution in [-0.2, 0) is 0 Å². The van der Waals surface area contributed by atoms with Gasteiger partial charge in [-0.3, -0.25) is 4.79 Å². The van der Waals surface area contributed by atoms with Crippen LogP contribution in [0.3, 0.4) is 0 Å². The monoisotopic (exact) mass is 361 g/mol. The molecule has 0 amide bonds. The number of hydrogen-bond donors (Lipinski definition) is 0. The molecule has 0 N–H and O–H groups in total. The smallest absolute Gasteiger partial charge is 0.266 e. The van der Waals surface area contributed by atoms with Crippen LogP contribution in [0.2, 0.25) is 0 Å². The van der Waals surface area contributed by atoms with Crippen LogP contribution >= 0.6 is 11.8 Å². The maximum Gasteiger partial charge on any atom is 0.284 e. The molecule has 5 aromatic rings. The van der Waals surface area contributed by atoms with Gasteiger partial charge < -0.3 is 0 Å². The van der Waals surface area contributed by atoms with Gasteiger partial charge in [-0.2, -0.15) is 4.52 Å². The van der Waals surface area contributed by atoms with Gasteiger partial charge in [0.1, 0.15) is 5.39 Å². The van der Waals surface area contributed by atoms with E-state index in [4.69, 9.17) is 0 Å². The lowest BCUT2D eigenvalue weighted by molar-refractivity contribution is 0.746. The molecule has 0 aliphatic rings. The van der Waals surface area contributed by atoms with Gasteiger partial charge in [0.2, 0.25) is 5.95 Å². The summed E-state index contributed by atoms with van der Waals surface area (Å²) in [5, 5.41) is 1.74. The normalized spacial score (nSPS) is 11.6. The Morgan fingerprint density at radius 3 is 2.58 bits per heavy atom. The maximum absolute atomic E-state index is 13.2. The Hall–Kier alpha value is -3.33. The molecule has 0 saturated carbocycles. The molecule has 4 aromatic heterocycles. The molecule has 8 nitrogen and oxygen atoms in total. The summed E-state index contributed by atoms with van der Waals surface area (Å²) >= 11 is 1.40. The molecule has 0 saturated heterocycles. The molecule has 0 spiro atoms. The van der Waals surface area contributed by atoms with Crippen LogP contribution in [0.1, 0.15) is 0 Å². The van der Waals surface area contributed by atoms with Gasteiger partial charge in [-0.1, -0.05) is 23.9 Å². The molecule has 126 valence electrons. The first-order chi connectivity index (χ1) is 12.8. The van der Waals surface area contributed by atoms with Crippen molar-refractivity contribution in [2.75, 3.05) is 6.26 Å². The van der Waals surface area contributed by atoms with E-state index in [0.29, 0.717) is 27.8 Å². The third-order valence-corrected chi connectivity index (χ3v) is 4.64. The fraction of sp³-hybridized carbons (Fsp3) is 0.0588. The number of benzene rings is 1. The maximum atomic E-state index is 13.2. The number of para-hydroxylation sites is 1. The molecular weight excluding hydrogens is 350 g/mol. The van der Waals surface area contributed by atoms with Crippen LogP contribution in [0.15, 0.2) is 58.9 Å². The molecule has 4 heterocycles. The van der Waals surface area contributed by atoms with Gasteiger partial charge in [0, 0.05) is 24.0 Å². The third kappa shape index (κ3) is 2.04. The van der Waals surface area contributed by atoms with E-state index in [1.54, 1.807) is 23.1 Å². The molecule has 0 bridgehead atoms. The van der Waals surface area contributed by atoms with Crippen molar-refractivity contribution in [2.45, 2.75) is 5.16 Å². The highest BCUT2D eigenvalue weighted by Crippen LogP contribution is 2.23. The van der Waals surface area contributed by atoms with E-state index in [9.17, 15) is 4.79 Å². The molecule has 0 unspecified atom stereocenters. The van der Waals surface area contributed by atoms with E-state index >= 15 is 0 Å². The molecule has 1 aromatic carbocycles. The lowest BCUT2D eigenvalue weighted by Gasteiger charge is -2.06. The van der Waals surface area contributed by atoms with E-state index in [2.05, 4.69) is 24.9 Å². The van der Waals surface area contributed by atoms with E-state index in [1.165, 1.54) is 22.5 Å². The molecule has 0 fully saturated rings. The molecular formula is C17H11N7OS. The molecule has 0 radical (unpaired) electrons. The molecule has 0 aliphatic heterocycles. The standard InChI is InChI=1S/C17H11N7OS/c1-26-17-20-9-11-13(22-17)21-14-10-5-2-3-6-12(10)23(24(14)15(11)25)16-18-7-4-8-19-16/h2-9H,1H3. The van der Waals surface area contributed by atoms with Crippen molar-refractivity contribution in [3.05, 3.63) is 59.3 Å². The number of rotatable bonds is 2. The number of aromatic nitrogens is 7. The van der Waals surface area contributed by atoms with Gasteiger partial charge in [0.25, 0.3) is 5.56 Å². The van der Waals surface area contributed by atoms with E-state index in [-0.39, 0.29) is 5.56 Å². The minimum atomic E-state index is -0.263. The fourth-order valence-electron chi connectivity index (χ4n) is 2.96. The Bertz CT molecular complexity index is 1340. The SMILES string of the molecule is CSc1ncc2c(=O)n3c(nc2n1)c1ccccc1n3-c1ncccn1. The average molecular weight is 361 g/mol. The van der Waals surface area contributed by atoms with Crippen molar-refractivity contribution in [2.24, 2.45) is 0 Å². The first-order valence-electron chi connectivity index (χ1n) is 7.78. The highest BCUT2D eigenvalue weighted by atomic mass is 32.2. The summed E-state index contributed by atoms with van der Waals surface area (Å²) in [5.74, 6) is 0.392. The van der Waals surface area contributed by atoms with Crippen LogP contribution in [0.4, 0.5) is 0 Å². The highest BCUT2D eigenvalue weighted by Gasteiger charge is 2.18. The first kappa shape index (κ1) is 15.0. The van der Waals surface area contributed by atoms with Gasteiger partial charge in [-0.25, -0.2) is 29.6 Å². The highest BCUT2D eigenvalue weighted by molar-refractivity contribution is 7.98. The van der Waals surface area contributed by atoms with Gasteiger partial charge in [0.15, 0.2) is 16.5 Å². The Balaban J connectivity index is 2.03. The van der Waals surface area contributed by atoms with Crippen molar-refractivity contribution >= 4 is 39.3 Å². The fourth-order valence-corrected chi connectivity index (χ4v) is 3.30. The zero-order chi connectivity index (χ0) is 17.7. The lowest BCUT2D eigenvalue weighted by Crippen LogP contribution is -2.22. The zero-order valence-electron chi connectivity index (χ0n) is 13.6. The molecule has 0 atom stereocenters. The third-order valence-electron chi connectivity index (χ3n) is 4.08. The minimum absolute atomic E-state index is 0.263. The number of nitrogens with zero attached hydrogens (tertiary/aromatic N) is 7. The summed E-state index contributed by atoms with van der Waals surface area (Å²) < 4.78 is 3.15. The van der Waals surface area contributed by atoms with E-state index < -0.39 is 0 Å². The lowest BCUT2D eigenvalue weighted by atomic mass is 10.2. The van der Waals surface area contributed by atoms with Crippen molar-refractivity contribution in [1.82, 2.24) is 34.1 Å². The van der Waals surface area contributed by atoms with Crippen LogP contribution in [0.25, 0.3) is 33.5 Å². The first-order valence-corrected chi connectivity index (χ1v) is 9.01. The second-order valence-corrected chi connectivity index (χ2v) is 6.30. The number of thioether (sulfide) groups is 1. The van der Waals surface area contributed by atoms with Crippen LogP contribution < -0.4 is 5.56 Å². The van der Waals surface area contributed by atoms with Crippen molar-refractivity contribution in [3.63, 3.8) is 0 Å². The number of fused-ring (bicyclic) bond motifs is 4. The number of hydrogen-bond acceptors (Lipinski definition) is 7. The predicted molar refractivity (Wildman–Crippen MR) is 98.8 cm³/mol. The van der Waals surface area contributed by atoms with Crippen molar-refractivity contribution in [3.8, 4) is 5.95 Å². The Labute approximate surface area is 150 Å². The predicted octanol–water partition coefficient (Wildman–Crippen LogP) is 2.09. The molecule has 5 rings (SSSR count). The second-order valence-electron chi connectivity index (χ2n) is 5.52. The van der Waals surface area contributed by atoms with Gasteiger partial charge in [-0.15, -0.1) is 0 Å². The van der Waals surface area contributed by atoms with Crippen LogP contribution in [-0.4, -0.2) is 40.4 Å². The summed E-state index contributed by atoms with van der Waals surface area (Å²) in [4.78, 5) is 35.0. The van der Waals surface area contributed by atoms with Gasteiger partial charge >= 0.3 is 0 Å². The largest absolute Gasteiger partial charge is 0.284 e. The average Bonchev–Trinajstić information content (AvgIpc) is 3.03. The Morgan fingerprint density at radius 1 is 0.962 bits per heavy atom. The van der Waals surface area contributed by atoms with Crippen molar-refractivity contribution in [1.29, 1.82) is 0 Å². The summed E-state index contributed by atoms with van der Waals surface area (Å²) in [7, 11) is 0. The summed E-state index contributed by atoms with van der Waals surface area (Å²) in [6.07, 6.45) is 6.67. The van der Waals surface area contributed by atoms with Crippen LogP contribution in [0.5, 0.6) is 0 Å². The van der Waals surface area contributed by atoms with E-state index in [1.807, 2.05) is 30.5 Å². The molecule has 9 heteroatoms. The van der Waals surface area contributed by atoms with Gasteiger partial charge in [0.05, 0.1) is 5.52 Å². The van der Waals surface area contributed by atoms with E-state index in [0.717, 1.165) is 10.9 Å². The summed E-state index contributed by atoms with van der Waals surface area (Å²) in [6, 6.07) is 9.35. The summed E-state index contributed by atoms with van der Waals surface area (Å²) in [5.41, 5.74) is 1.42. The molecule has 0 aliphatic carbocycles. The summed E-state index contributed by atoms with van der Waals surface area (Å²) in [6.45, 7) is 0. The quantitative estimate of drug-likeness (QED) is 0.351. The second kappa shape index (κ2) is 5.60. The van der Waals surface area contributed by atoms with Gasteiger partial charge in [-0.05, 0) is 24.5 Å².